The van der Waals surface area contributed by atoms with Gasteiger partial charge in [-0.25, -0.2) is 0 Å². The number of hydrogen-bond donors (Lipinski definition) is 0. The molecule has 0 aliphatic carbocycles. The third-order valence-corrected chi connectivity index (χ3v) is 3.34. The van der Waals surface area contributed by atoms with Crippen molar-refractivity contribution >= 4 is 29.1 Å². The van der Waals surface area contributed by atoms with Crippen LogP contribution in [0.4, 0.5) is 18.9 Å². The third-order valence-electron chi connectivity index (χ3n) is 3.08. The van der Waals surface area contributed by atoms with Crippen LogP contribution in [0.2, 0.25) is 5.02 Å². The van der Waals surface area contributed by atoms with Gasteiger partial charge in [-0.1, -0.05) is 29.8 Å². The predicted octanol–water partition coefficient (Wildman–Crippen LogP) is 5.16. The Balaban J connectivity index is 2.35. The van der Waals surface area contributed by atoms with Gasteiger partial charge in [0.05, 0.1) is 16.1 Å². The Morgan fingerprint density at radius 3 is 2.29 bits per heavy atom. The number of benzene rings is 2. The molecule has 0 amide bonds. The van der Waals surface area contributed by atoms with E-state index in [1.807, 2.05) is 0 Å². The molecule has 4 nitrogen and oxygen atoms in total. The van der Waals surface area contributed by atoms with Crippen molar-refractivity contribution in [3.63, 3.8) is 0 Å². The van der Waals surface area contributed by atoms with Crippen molar-refractivity contribution in [2.45, 2.75) is 6.18 Å². The normalized spacial score (nSPS) is 11.7. The lowest BCUT2D eigenvalue weighted by molar-refractivity contribution is -0.385. The van der Waals surface area contributed by atoms with Crippen LogP contribution < -0.4 is 0 Å². The van der Waals surface area contributed by atoms with Crippen LogP contribution in [0.3, 0.4) is 0 Å². The highest BCUT2D eigenvalue weighted by Crippen LogP contribution is 2.33. The summed E-state index contributed by atoms with van der Waals surface area (Å²) >= 11 is 5.72. The van der Waals surface area contributed by atoms with Gasteiger partial charge in [-0.3, -0.25) is 14.9 Å². The topological polar surface area (TPSA) is 60.2 Å². The fraction of sp³-hybridized carbons (Fsp3) is 0.0625. The lowest BCUT2D eigenvalue weighted by atomic mass is 10.0. The van der Waals surface area contributed by atoms with Gasteiger partial charge in [0.15, 0.2) is 5.78 Å². The fourth-order valence-corrected chi connectivity index (χ4v) is 2.03. The number of halogens is 4. The van der Waals surface area contributed by atoms with Crippen LogP contribution >= 0.6 is 11.6 Å². The van der Waals surface area contributed by atoms with Crippen LogP contribution in [0.5, 0.6) is 0 Å². The molecule has 0 fully saturated rings. The first-order chi connectivity index (χ1) is 11.2. The summed E-state index contributed by atoms with van der Waals surface area (Å²) in [4.78, 5) is 22.0. The van der Waals surface area contributed by atoms with E-state index in [0.717, 1.165) is 12.1 Å². The van der Waals surface area contributed by atoms with Gasteiger partial charge in [-0.2, -0.15) is 13.2 Å². The minimum atomic E-state index is -4.73. The summed E-state index contributed by atoms with van der Waals surface area (Å²) in [7, 11) is 0. The predicted molar refractivity (Wildman–Crippen MR) is 82.9 cm³/mol. The molecular formula is C16H9ClF3NO3. The van der Waals surface area contributed by atoms with Crippen molar-refractivity contribution in [2.75, 3.05) is 0 Å². The van der Waals surface area contributed by atoms with Crippen LogP contribution in [-0.2, 0) is 6.18 Å². The molecule has 2 aromatic carbocycles. The molecule has 0 atom stereocenters. The number of hydrogen-bond acceptors (Lipinski definition) is 3. The van der Waals surface area contributed by atoms with Gasteiger partial charge < -0.3 is 0 Å². The SMILES string of the molecule is O=C(/C=C\c1ccc(Cl)cc1)c1ccc(C(F)(F)F)cc1[N+](=O)[O-]. The van der Waals surface area contributed by atoms with E-state index in [1.165, 1.54) is 6.08 Å². The first kappa shape index (κ1) is 17.7. The molecule has 0 bridgehead atoms. The molecule has 24 heavy (non-hydrogen) atoms. The average molecular weight is 356 g/mol. The maximum Gasteiger partial charge on any atom is 0.416 e. The van der Waals surface area contributed by atoms with Gasteiger partial charge in [0, 0.05) is 11.1 Å². The maximum atomic E-state index is 12.6. The molecule has 0 heterocycles. The molecule has 0 aliphatic rings. The minimum Gasteiger partial charge on any atom is -0.289 e. The number of ketones is 1. The Morgan fingerprint density at radius 2 is 1.75 bits per heavy atom. The summed E-state index contributed by atoms with van der Waals surface area (Å²) in [6.45, 7) is 0. The molecule has 0 saturated heterocycles. The van der Waals surface area contributed by atoms with Gasteiger partial charge in [-0.15, -0.1) is 0 Å². The molecular weight excluding hydrogens is 347 g/mol. The summed E-state index contributed by atoms with van der Waals surface area (Å²) in [5, 5.41) is 11.5. The van der Waals surface area contributed by atoms with Gasteiger partial charge >= 0.3 is 6.18 Å². The van der Waals surface area contributed by atoms with Crippen molar-refractivity contribution in [1.29, 1.82) is 0 Å². The molecule has 124 valence electrons. The Hall–Kier alpha value is -2.67. The third kappa shape index (κ3) is 4.20. The quantitative estimate of drug-likeness (QED) is 0.329. The zero-order chi connectivity index (χ0) is 17.9. The molecule has 0 radical (unpaired) electrons. The lowest BCUT2D eigenvalue weighted by Crippen LogP contribution is -2.08. The van der Waals surface area contributed by atoms with E-state index in [2.05, 4.69) is 0 Å². The first-order valence-corrected chi connectivity index (χ1v) is 6.90. The lowest BCUT2D eigenvalue weighted by Gasteiger charge is -2.07. The molecule has 8 heteroatoms. The summed E-state index contributed by atoms with van der Waals surface area (Å²) in [5.74, 6) is -0.773. The van der Waals surface area contributed by atoms with Gasteiger partial charge in [0.2, 0.25) is 0 Å². The van der Waals surface area contributed by atoms with Crippen molar-refractivity contribution in [3.05, 3.63) is 80.4 Å². The number of allylic oxidation sites excluding steroid dienone is 1. The summed E-state index contributed by atoms with van der Waals surface area (Å²) < 4.78 is 37.9. The summed E-state index contributed by atoms with van der Waals surface area (Å²) in [6.07, 6.45) is -2.29. The Morgan fingerprint density at radius 1 is 1.12 bits per heavy atom. The van der Waals surface area contributed by atoms with E-state index in [4.69, 9.17) is 11.6 Å². The summed E-state index contributed by atoms with van der Waals surface area (Å²) in [6, 6.07) is 8.20. The molecule has 0 aromatic heterocycles. The van der Waals surface area contributed by atoms with Gasteiger partial charge in [0.25, 0.3) is 5.69 Å². The van der Waals surface area contributed by atoms with E-state index in [-0.39, 0.29) is 0 Å². The molecule has 0 spiro atoms. The molecule has 2 rings (SSSR count). The first-order valence-electron chi connectivity index (χ1n) is 6.52. The van der Waals surface area contributed by atoms with Crippen molar-refractivity contribution in [3.8, 4) is 0 Å². The van der Waals surface area contributed by atoms with Crippen molar-refractivity contribution < 1.29 is 22.9 Å². The number of carbonyl (C=O) groups excluding carboxylic acids is 1. The molecule has 0 unspecified atom stereocenters. The second kappa shape index (κ2) is 6.84. The Kier molecular flexibility index (Phi) is 5.04. The van der Waals surface area contributed by atoms with Crippen molar-refractivity contribution in [2.24, 2.45) is 0 Å². The monoisotopic (exact) mass is 355 g/mol. The van der Waals surface area contributed by atoms with Gasteiger partial charge in [0.1, 0.15) is 0 Å². The highest BCUT2D eigenvalue weighted by Gasteiger charge is 2.33. The van der Waals surface area contributed by atoms with Crippen LogP contribution in [0.1, 0.15) is 21.5 Å². The van der Waals surface area contributed by atoms with E-state index in [1.54, 1.807) is 24.3 Å². The fourth-order valence-electron chi connectivity index (χ4n) is 1.90. The minimum absolute atomic E-state index is 0.351. The second-order valence-corrected chi connectivity index (χ2v) is 5.17. The van der Waals surface area contributed by atoms with E-state index >= 15 is 0 Å². The zero-order valence-corrected chi connectivity index (χ0v) is 12.6. The molecule has 0 saturated carbocycles. The van der Waals surface area contributed by atoms with Crippen molar-refractivity contribution in [1.82, 2.24) is 0 Å². The van der Waals surface area contributed by atoms with E-state index < -0.39 is 33.7 Å². The number of carbonyl (C=O) groups is 1. The zero-order valence-electron chi connectivity index (χ0n) is 11.9. The smallest absolute Gasteiger partial charge is 0.289 e. The number of alkyl halides is 3. The number of nitro groups is 1. The highest BCUT2D eigenvalue weighted by molar-refractivity contribution is 6.30. The van der Waals surface area contributed by atoms with Crippen LogP contribution in [0, 0.1) is 10.1 Å². The molecule has 2 aromatic rings. The van der Waals surface area contributed by atoms with Crippen LogP contribution in [0.15, 0.2) is 48.5 Å². The summed E-state index contributed by atoms with van der Waals surface area (Å²) in [5.41, 5.74) is -1.89. The highest BCUT2D eigenvalue weighted by atomic mass is 35.5. The number of nitro benzene ring substituents is 1. The standard InChI is InChI=1S/C16H9ClF3NO3/c17-12-5-1-10(2-6-12)3-8-15(22)13-7-4-11(16(18,19)20)9-14(13)21(23)24/h1-9H/b8-3-. The van der Waals surface area contributed by atoms with Crippen LogP contribution in [-0.4, -0.2) is 10.7 Å². The second-order valence-electron chi connectivity index (χ2n) is 4.74. The van der Waals surface area contributed by atoms with Gasteiger partial charge in [-0.05, 0) is 35.9 Å². The Bertz CT molecular complexity index is 814. The average Bonchev–Trinajstić information content (AvgIpc) is 2.52. The van der Waals surface area contributed by atoms with E-state index in [9.17, 15) is 28.1 Å². The molecule has 0 N–H and O–H groups in total. The van der Waals surface area contributed by atoms with Crippen LogP contribution in [0.25, 0.3) is 6.08 Å². The molecule has 0 aliphatic heterocycles. The number of rotatable bonds is 4. The Labute approximate surface area is 139 Å². The number of nitrogens with zero attached hydrogens (tertiary/aromatic N) is 1. The maximum absolute atomic E-state index is 12.6. The van der Waals surface area contributed by atoms with E-state index in [0.29, 0.717) is 22.7 Å². The largest absolute Gasteiger partial charge is 0.416 e.